The van der Waals surface area contributed by atoms with Crippen molar-refractivity contribution in [2.24, 2.45) is 5.41 Å². The van der Waals surface area contributed by atoms with Crippen LogP contribution in [0, 0.1) is 5.41 Å². The van der Waals surface area contributed by atoms with Crippen LogP contribution in [-0.2, 0) is 0 Å². The summed E-state index contributed by atoms with van der Waals surface area (Å²) in [5.74, 6) is 0. The SMILES string of the molecule is CC1(CCF)CCNC1. The first-order valence-corrected chi connectivity index (χ1v) is 3.54. The molecule has 0 aliphatic carbocycles. The summed E-state index contributed by atoms with van der Waals surface area (Å²) >= 11 is 0. The van der Waals surface area contributed by atoms with Gasteiger partial charge >= 0.3 is 0 Å². The average Bonchev–Trinajstić information content (AvgIpc) is 2.16. The molecule has 1 rings (SSSR count). The number of hydrogen-bond acceptors (Lipinski definition) is 1. The normalized spacial score (nSPS) is 35.3. The quantitative estimate of drug-likeness (QED) is 0.596. The Labute approximate surface area is 55.6 Å². The Morgan fingerprint density at radius 2 is 2.44 bits per heavy atom. The molecule has 1 heterocycles. The maximum absolute atomic E-state index is 11.9. The summed E-state index contributed by atoms with van der Waals surface area (Å²) in [5, 5.41) is 3.23. The van der Waals surface area contributed by atoms with Gasteiger partial charge in [0, 0.05) is 6.54 Å². The van der Waals surface area contributed by atoms with Crippen LogP contribution in [-0.4, -0.2) is 19.8 Å². The van der Waals surface area contributed by atoms with Crippen LogP contribution in [0.15, 0.2) is 0 Å². The van der Waals surface area contributed by atoms with E-state index in [-0.39, 0.29) is 12.1 Å². The maximum atomic E-state index is 11.9. The van der Waals surface area contributed by atoms with Crippen LogP contribution >= 0.6 is 0 Å². The van der Waals surface area contributed by atoms with Crippen LogP contribution < -0.4 is 5.32 Å². The highest BCUT2D eigenvalue weighted by molar-refractivity contribution is 4.82. The first-order chi connectivity index (χ1) is 4.27. The molecule has 0 bridgehead atoms. The predicted molar refractivity (Wildman–Crippen MR) is 36.2 cm³/mol. The Kier molecular flexibility index (Phi) is 2.06. The van der Waals surface area contributed by atoms with Gasteiger partial charge in [0.25, 0.3) is 0 Å². The summed E-state index contributed by atoms with van der Waals surface area (Å²) in [5.41, 5.74) is 0.259. The smallest absolute Gasteiger partial charge is 0.0900 e. The molecule has 0 radical (unpaired) electrons. The lowest BCUT2D eigenvalue weighted by atomic mass is 9.87. The first-order valence-electron chi connectivity index (χ1n) is 3.54. The first kappa shape index (κ1) is 7.00. The van der Waals surface area contributed by atoms with E-state index in [0.29, 0.717) is 0 Å². The van der Waals surface area contributed by atoms with E-state index >= 15 is 0 Å². The molecule has 54 valence electrons. The Bertz CT molecular complexity index is 86.9. The van der Waals surface area contributed by atoms with E-state index in [0.717, 1.165) is 25.9 Å². The van der Waals surface area contributed by atoms with E-state index in [1.54, 1.807) is 0 Å². The number of alkyl halides is 1. The minimum absolute atomic E-state index is 0.168. The van der Waals surface area contributed by atoms with E-state index in [9.17, 15) is 4.39 Å². The second-order valence-corrected chi connectivity index (χ2v) is 3.18. The van der Waals surface area contributed by atoms with Crippen molar-refractivity contribution in [2.45, 2.75) is 19.8 Å². The van der Waals surface area contributed by atoms with Gasteiger partial charge in [0.15, 0.2) is 0 Å². The van der Waals surface area contributed by atoms with E-state index in [1.165, 1.54) is 0 Å². The molecule has 1 atom stereocenters. The van der Waals surface area contributed by atoms with Crippen LogP contribution in [0.25, 0.3) is 0 Å². The molecule has 1 N–H and O–H groups in total. The topological polar surface area (TPSA) is 12.0 Å². The van der Waals surface area contributed by atoms with Gasteiger partial charge in [-0.15, -0.1) is 0 Å². The molecule has 0 spiro atoms. The highest BCUT2D eigenvalue weighted by Crippen LogP contribution is 2.28. The standard InChI is InChI=1S/C7H14FN/c1-7(2-4-8)3-5-9-6-7/h9H,2-6H2,1H3. The van der Waals surface area contributed by atoms with Gasteiger partial charge in [-0.2, -0.15) is 0 Å². The number of rotatable bonds is 2. The molecule has 0 saturated carbocycles. The average molecular weight is 131 g/mol. The molecule has 2 heteroatoms. The highest BCUT2D eigenvalue weighted by atomic mass is 19.1. The monoisotopic (exact) mass is 131 g/mol. The molecular weight excluding hydrogens is 117 g/mol. The van der Waals surface area contributed by atoms with E-state index in [2.05, 4.69) is 12.2 Å². The minimum Gasteiger partial charge on any atom is -0.316 e. The molecular formula is C7H14FN. The molecule has 1 nitrogen and oxygen atoms in total. The zero-order valence-corrected chi connectivity index (χ0v) is 5.91. The Morgan fingerprint density at radius 3 is 2.89 bits per heavy atom. The molecule has 1 aliphatic heterocycles. The lowest BCUT2D eigenvalue weighted by Gasteiger charge is -2.19. The lowest BCUT2D eigenvalue weighted by molar-refractivity contribution is 0.287. The van der Waals surface area contributed by atoms with Crippen LogP contribution in [0.2, 0.25) is 0 Å². The zero-order valence-electron chi connectivity index (χ0n) is 5.91. The summed E-state index contributed by atoms with van der Waals surface area (Å²) in [6.45, 7) is 4.04. The summed E-state index contributed by atoms with van der Waals surface area (Å²) in [6, 6.07) is 0. The van der Waals surface area contributed by atoms with Gasteiger partial charge in [0.05, 0.1) is 6.67 Å². The van der Waals surface area contributed by atoms with Gasteiger partial charge in [0.1, 0.15) is 0 Å². The minimum atomic E-state index is -0.168. The molecule has 0 aromatic carbocycles. The fourth-order valence-corrected chi connectivity index (χ4v) is 1.31. The number of nitrogens with one attached hydrogen (secondary N) is 1. The fourth-order valence-electron chi connectivity index (χ4n) is 1.31. The van der Waals surface area contributed by atoms with Crippen molar-refractivity contribution in [3.63, 3.8) is 0 Å². The van der Waals surface area contributed by atoms with Crippen LogP contribution in [0.3, 0.4) is 0 Å². The molecule has 1 fully saturated rings. The van der Waals surface area contributed by atoms with Crippen molar-refractivity contribution in [2.75, 3.05) is 19.8 Å². The molecule has 0 amide bonds. The van der Waals surface area contributed by atoms with Gasteiger partial charge in [-0.3, -0.25) is 4.39 Å². The van der Waals surface area contributed by atoms with Crippen molar-refractivity contribution in [1.82, 2.24) is 5.32 Å². The molecule has 0 aromatic heterocycles. The Morgan fingerprint density at radius 1 is 1.67 bits per heavy atom. The van der Waals surface area contributed by atoms with Crippen molar-refractivity contribution in [1.29, 1.82) is 0 Å². The molecule has 0 aromatic rings. The van der Waals surface area contributed by atoms with Crippen LogP contribution in [0.1, 0.15) is 19.8 Å². The Balaban J connectivity index is 2.32. The maximum Gasteiger partial charge on any atom is 0.0900 e. The van der Waals surface area contributed by atoms with Crippen molar-refractivity contribution < 1.29 is 4.39 Å². The van der Waals surface area contributed by atoms with Gasteiger partial charge in [-0.25, -0.2) is 0 Å². The summed E-state index contributed by atoms with van der Waals surface area (Å²) in [4.78, 5) is 0. The zero-order chi connectivity index (χ0) is 6.74. The number of halogens is 1. The third-order valence-electron chi connectivity index (χ3n) is 2.16. The second-order valence-electron chi connectivity index (χ2n) is 3.18. The van der Waals surface area contributed by atoms with E-state index in [1.807, 2.05) is 0 Å². The van der Waals surface area contributed by atoms with Gasteiger partial charge in [-0.1, -0.05) is 6.92 Å². The Hall–Kier alpha value is -0.110. The van der Waals surface area contributed by atoms with Crippen LogP contribution in [0.4, 0.5) is 4.39 Å². The predicted octanol–water partition coefficient (Wildman–Crippen LogP) is 1.35. The summed E-state index contributed by atoms with van der Waals surface area (Å²) in [6.07, 6.45) is 1.86. The van der Waals surface area contributed by atoms with Gasteiger partial charge in [-0.05, 0) is 24.8 Å². The molecule has 1 unspecified atom stereocenters. The third-order valence-corrected chi connectivity index (χ3v) is 2.16. The van der Waals surface area contributed by atoms with Gasteiger partial charge in [0.2, 0.25) is 0 Å². The van der Waals surface area contributed by atoms with Gasteiger partial charge < -0.3 is 5.32 Å². The summed E-state index contributed by atoms with van der Waals surface area (Å²) in [7, 11) is 0. The molecule has 9 heavy (non-hydrogen) atoms. The second kappa shape index (κ2) is 2.65. The highest BCUT2D eigenvalue weighted by Gasteiger charge is 2.27. The van der Waals surface area contributed by atoms with Crippen LogP contribution in [0.5, 0.6) is 0 Å². The number of hydrogen-bond donors (Lipinski definition) is 1. The fraction of sp³-hybridized carbons (Fsp3) is 1.00. The molecule has 1 aliphatic rings. The van der Waals surface area contributed by atoms with E-state index < -0.39 is 0 Å². The summed E-state index contributed by atoms with van der Waals surface area (Å²) < 4.78 is 11.9. The van der Waals surface area contributed by atoms with Crippen molar-refractivity contribution in [3.8, 4) is 0 Å². The largest absolute Gasteiger partial charge is 0.316 e. The lowest BCUT2D eigenvalue weighted by Crippen LogP contribution is -2.20. The van der Waals surface area contributed by atoms with E-state index in [4.69, 9.17) is 0 Å². The van der Waals surface area contributed by atoms with Crippen molar-refractivity contribution >= 4 is 0 Å². The van der Waals surface area contributed by atoms with Crippen molar-refractivity contribution in [3.05, 3.63) is 0 Å². The third kappa shape index (κ3) is 1.65. The molecule has 1 saturated heterocycles.